The van der Waals surface area contributed by atoms with Gasteiger partial charge in [-0.3, -0.25) is 0 Å². The van der Waals surface area contributed by atoms with Crippen LogP contribution in [0.1, 0.15) is 18.1 Å². The van der Waals surface area contributed by atoms with Crippen molar-refractivity contribution in [3.05, 3.63) is 33.8 Å². The van der Waals surface area contributed by atoms with Crippen molar-refractivity contribution in [1.82, 2.24) is 0 Å². The van der Waals surface area contributed by atoms with E-state index in [1.807, 2.05) is 0 Å². The summed E-state index contributed by atoms with van der Waals surface area (Å²) in [7, 11) is 0. The topological polar surface area (TPSA) is 52.0 Å². The SMILES string of the molecule is CCc1ccc(CC(CN)CN)cc1Br. The zero-order valence-corrected chi connectivity index (χ0v) is 10.8. The molecule has 84 valence electrons. The monoisotopic (exact) mass is 270 g/mol. The van der Waals surface area contributed by atoms with E-state index in [0.29, 0.717) is 19.0 Å². The lowest BCUT2D eigenvalue weighted by Crippen LogP contribution is -2.25. The van der Waals surface area contributed by atoms with E-state index in [2.05, 4.69) is 41.1 Å². The molecule has 1 aromatic rings. The van der Waals surface area contributed by atoms with Crippen molar-refractivity contribution >= 4 is 15.9 Å². The molecule has 0 unspecified atom stereocenters. The van der Waals surface area contributed by atoms with Gasteiger partial charge in [-0.1, -0.05) is 35.0 Å². The molecule has 0 amide bonds. The van der Waals surface area contributed by atoms with E-state index in [1.54, 1.807) is 0 Å². The van der Waals surface area contributed by atoms with Crippen molar-refractivity contribution in [2.75, 3.05) is 13.1 Å². The fourth-order valence-electron chi connectivity index (χ4n) is 1.60. The van der Waals surface area contributed by atoms with Gasteiger partial charge in [0.15, 0.2) is 0 Å². The Morgan fingerprint density at radius 3 is 2.40 bits per heavy atom. The first-order chi connectivity index (χ1) is 7.21. The number of benzene rings is 1. The van der Waals surface area contributed by atoms with Crippen molar-refractivity contribution in [1.29, 1.82) is 0 Å². The molecule has 0 bridgehead atoms. The predicted molar refractivity (Wildman–Crippen MR) is 68.8 cm³/mol. The third-order valence-corrected chi connectivity index (χ3v) is 3.43. The van der Waals surface area contributed by atoms with Crippen LogP contribution in [0.4, 0.5) is 0 Å². The van der Waals surface area contributed by atoms with Gasteiger partial charge in [-0.15, -0.1) is 0 Å². The summed E-state index contributed by atoms with van der Waals surface area (Å²) in [5.41, 5.74) is 13.9. The molecule has 0 spiro atoms. The lowest BCUT2D eigenvalue weighted by Gasteiger charge is -2.13. The largest absolute Gasteiger partial charge is 0.330 e. The van der Waals surface area contributed by atoms with Gasteiger partial charge >= 0.3 is 0 Å². The van der Waals surface area contributed by atoms with Crippen molar-refractivity contribution in [3.8, 4) is 0 Å². The van der Waals surface area contributed by atoms with Gasteiger partial charge in [0, 0.05) is 4.47 Å². The van der Waals surface area contributed by atoms with Gasteiger partial charge in [-0.25, -0.2) is 0 Å². The summed E-state index contributed by atoms with van der Waals surface area (Å²) in [5.74, 6) is 0.393. The summed E-state index contributed by atoms with van der Waals surface area (Å²) in [6.45, 7) is 3.47. The minimum absolute atomic E-state index is 0.393. The summed E-state index contributed by atoms with van der Waals surface area (Å²) in [6.07, 6.45) is 2.02. The van der Waals surface area contributed by atoms with Crippen LogP contribution < -0.4 is 11.5 Å². The highest BCUT2D eigenvalue weighted by atomic mass is 79.9. The second kappa shape index (κ2) is 6.26. The number of halogens is 1. The van der Waals surface area contributed by atoms with Gasteiger partial charge in [0.2, 0.25) is 0 Å². The molecule has 0 aliphatic carbocycles. The summed E-state index contributed by atoms with van der Waals surface area (Å²) < 4.78 is 1.19. The fourth-order valence-corrected chi connectivity index (χ4v) is 2.31. The maximum Gasteiger partial charge on any atom is 0.0209 e. The number of hydrogen-bond acceptors (Lipinski definition) is 2. The Morgan fingerprint density at radius 2 is 1.93 bits per heavy atom. The number of rotatable bonds is 5. The van der Waals surface area contributed by atoms with Crippen molar-refractivity contribution in [2.45, 2.75) is 19.8 Å². The first kappa shape index (κ1) is 12.7. The zero-order valence-electron chi connectivity index (χ0n) is 9.17. The van der Waals surface area contributed by atoms with Gasteiger partial charge in [-0.2, -0.15) is 0 Å². The van der Waals surface area contributed by atoms with Crippen LogP contribution in [0.2, 0.25) is 0 Å². The molecular formula is C12H19BrN2. The molecule has 2 nitrogen and oxygen atoms in total. The summed E-state index contributed by atoms with van der Waals surface area (Å²) in [6, 6.07) is 6.52. The predicted octanol–water partition coefficient (Wildman–Crippen LogP) is 2.09. The molecule has 0 saturated heterocycles. The lowest BCUT2D eigenvalue weighted by atomic mass is 9.98. The van der Waals surface area contributed by atoms with Crippen LogP contribution in [0.3, 0.4) is 0 Å². The Morgan fingerprint density at radius 1 is 1.27 bits per heavy atom. The molecule has 0 aliphatic heterocycles. The summed E-state index contributed by atoms with van der Waals surface area (Å²) in [5, 5.41) is 0. The molecular weight excluding hydrogens is 252 g/mol. The standard InChI is InChI=1S/C12H19BrN2/c1-2-11-4-3-9(6-12(11)13)5-10(7-14)8-15/h3-4,6,10H,2,5,7-8,14-15H2,1H3. The Hall–Kier alpha value is -0.380. The molecule has 0 atom stereocenters. The van der Waals surface area contributed by atoms with E-state index < -0.39 is 0 Å². The molecule has 1 rings (SSSR count). The normalized spacial score (nSPS) is 11.0. The van der Waals surface area contributed by atoms with Crippen molar-refractivity contribution in [3.63, 3.8) is 0 Å². The highest BCUT2D eigenvalue weighted by molar-refractivity contribution is 9.10. The maximum absolute atomic E-state index is 5.63. The maximum atomic E-state index is 5.63. The van der Waals surface area contributed by atoms with Gasteiger partial charge in [0.1, 0.15) is 0 Å². The molecule has 0 saturated carbocycles. The summed E-state index contributed by atoms with van der Waals surface area (Å²) >= 11 is 3.58. The Bertz CT molecular complexity index is 308. The quantitative estimate of drug-likeness (QED) is 0.861. The number of aryl methyl sites for hydroxylation is 1. The first-order valence-electron chi connectivity index (χ1n) is 5.38. The third kappa shape index (κ3) is 3.59. The molecule has 15 heavy (non-hydrogen) atoms. The number of hydrogen-bond donors (Lipinski definition) is 2. The van der Waals surface area contributed by atoms with Crippen LogP contribution in [-0.2, 0) is 12.8 Å². The Labute approximate surface area is 100 Å². The van der Waals surface area contributed by atoms with Crippen LogP contribution in [0.5, 0.6) is 0 Å². The molecule has 0 fully saturated rings. The van der Waals surface area contributed by atoms with Crippen LogP contribution in [0.25, 0.3) is 0 Å². The highest BCUT2D eigenvalue weighted by Crippen LogP contribution is 2.20. The van der Waals surface area contributed by atoms with Crippen molar-refractivity contribution in [2.24, 2.45) is 17.4 Å². The van der Waals surface area contributed by atoms with E-state index in [9.17, 15) is 0 Å². The van der Waals surface area contributed by atoms with Gasteiger partial charge in [-0.05, 0) is 49.0 Å². The van der Waals surface area contributed by atoms with E-state index in [0.717, 1.165) is 12.8 Å². The minimum atomic E-state index is 0.393. The van der Waals surface area contributed by atoms with E-state index >= 15 is 0 Å². The average molecular weight is 271 g/mol. The highest BCUT2D eigenvalue weighted by Gasteiger charge is 2.06. The van der Waals surface area contributed by atoms with Crippen molar-refractivity contribution < 1.29 is 0 Å². The average Bonchev–Trinajstić information content (AvgIpc) is 2.26. The molecule has 3 heteroatoms. The molecule has 0 heterocycles. The Balaban J connectivity index is 2.74. The molecule has 1 aromatic carbocycles. The molecule has 4 N–H and O–H groups in total. The van der Waals surface area contributed by atoms with E-state index in [1.165, 1.54) is 15.6 Å². The Kier molecular flexibility index (Phi) is 5.29. The molecule has 0 aliphatic rings. The van der Waals surface area contributed by atoms with Gasteiger partial charge < -0.3 is 11.5 Å². The fraction of sp³-hybridized carbons (Fsp3) is 0.500. The van der Waals surface area contributed by atoms with Crippen LogP contribution in [0.15, 0.2) is 22.7 Å². The minimum Gasteiger partial charge on any atom is -0.330 e. The lowest BCUT2D eigenvalue weighted by molar-refractivity contribution is 0.548. The molecule has 0 aromatic heterocycles. The van der Waals surface area contributed by atoms with Gasteiger partial charge in [0.25, 0.3) is 0 Å². The van der Waals surface area contributed by atoms with E-state index in [4.69, 9.17) is 11.5 Å². The van der Waals surface area contributed by atoms with Crippen LogP contribution in [0, 0.1) is 5.92 Å². The number of nitrogens with two attached hydrogens (primary N) is 2. The van der Waals surface area contributed by atoms with Gasteiger partial charge in [0.05, 0.1) is 0 Å². The second-order valence-electron chi connectivity index (χ2n) is 3.82. The zero-order chi connectivity index (χ0) is 11.3. The third-order valence-electron chi connectivity index (χ3n) is 2.69. The first-order valence-corrected chi connectivity index (χ1v) is 6.18. The van der Waals surface area contributed by atoms with Crippen LogP contribution >= 0.6 is 15.9 Å². The van der Waals surface area contributed by atoms with E-state index in [-0.39, 0.29) is 0 Å². The summed E-state index contributed by atoms with van der Waals surface area (Å²) in [4.78, 5) is 0. The molecule has 0 radical (unpaired) electrons. The smallest absolute Gasteiger partial charge is 0.0209 e. The van der Waals surface area contributed by atoms with Crippen LogP contribution in [-0.4, -0.2) is 13.1 Å². The second-order valence-corrected chi connectivity index (χ2v) is 4.68.